The molecule has 0 aromatic heterocycles. The van der Waals surface area contributed by atoms with Gasteiger partial charge in [0.05, 0.1) is 30.7 Å². The highest BCUT2D eigenvalue weighted by Gasteiger charge is 2.34. The molecule has 3 aromatic carbocycles. The Morgan fingerprint density at radius 2 is 1.76 bits per heavy atom. The van der Waals surface area contributed by atoms with E-state index in [1.807, 2.05) is 48.5 Å². The molecule has 0 aliphatic heterocycles. The van der Waals surface area contributed by atoms with Crippen LogP contribution in [0.2, 0.25) is 5.02 Å². The van der Waals surface area contributed by atoms with Crippen molar-refractivity contribution < 1.29 is 27.4 Å². The maximum atomic E-state index is 13.4. The highest BCUT2D eigenvalue weighted by molar-refractivity contribution is 6.32. The van der Waals surface area contributed by atoms with Crippen LogP contribution >= 0.6 is 11.6 Å². The minimum Gasteiger partial charge on any atom is -0.494 e. The van der Waals surface area contributed by atoms with Gasteiger partial charge >= 0.3 is 12.1 Å². The van der Waals surface area contributed by atoms with Crippen molar-refractivity contribution in [3.05, 3.63) is 100 Å². The van der Waals surface area contributed by atoms with Gasteiger partial charge in [0.15, 0.2) is 0 Å². The Bertz CT molecular complexity index is 1150. The zero-order valence-electron chi connectivity index (χ0n) is 20.9. The van der Waals surface area contributed by atoms with Gasteiger partial charge < -0.3 is 9.47 Å². The van der Waals surface area contributed by atoms with E-state index in [9.17, 15) is 18.0 Å². The molecule has 1 unspecified atom stereocenters. The Hall–Kier alpha value is -3.03. The number of hydrogen-bond donors (Lipinski definition) is 0. The van der Waals surface area contributed by atoms with E-state index >= 15 is 0 Å². The minimum atomic E-state index is -4.51. The molecule has 3 aromatic rings. The van der Waals surface area contributed by atoms with Gasteiger partial charge in [0.1, 0.15) is 5.75 Å². The second kappa shape index (κ2) is 13.5. The lowest BCUT2D eigenvalue weighted by molar-refractivity contribution is -0.140. The van der Waals surface area contributed by atoms with Gasteiger partial charge in [-0.3, -0.25) is 9.69 Å². The van der Waals surface area contributed by atoms with Gasteiger partial charge in [0.25, 0.3) is 0 Å². The average Bonchev–Trinajstić information content (AvgIpc) is 2.87. The van der Waals surface area contributed by atoms with Crippen molar-refractivity contribution in [3.63, 3.8) is 0 Å². The molecule has 0 radical (unpaired) electrons. The Kier molecular flexibility index (Phi) is 10.4. The summed E-state index contributed by atoms with van der Waals surface area (Å²) in [5.74, 6) is 0.488. The second-order valence-electron chi connectivity index (χ2n) is 8.93. The molecule has 1 atom stereocenters. The van der Waals surface area contributed by atoms with Crippen molar-refractivity contribution in [2.24, 2.45) is 0 Å². The lowest BCUT2D eigenvalue weighted by Crippen LogP contribution is -2.30. The summed E-state index contributed by atoms with van der Waals surface area (Å²) in [6.07, 6.45) is -3.69. The van der Waals surface area contributed by atoms with Crippen LogP contribution in [0, 0.1) is 0 Å². The van der Waals surface area contributed by atoms with Crippen LogP contribution in [0.15, 0.2) is 72.8 Å². The number of carbonyl (C=O) groups is 1. The number of carbonyl (C=O) groups excluding carboxylic acids is 1. The Labute approximate surface area is 221 Å². The number of esters is 1. The first-order chi connectivity index (χ1) is 17.7. The molecule has 198 valence electrons. The van der Waals surface area contributed by atoms with Crippen LogP contribution in [-0.4, -0.2) is 37.7 Å². The van der Waals surface area contributed by atoms with Crippen LogP contribution in [0.4, 0.5) is 13.2 Å². The van der Waals surface area contributed by atoms with Gasteiger partial charge in [-0.15, -0.1) is 0 Å². The smallest absolute Gasteiger partial charge is 0.417 e. The zero-order chi connectivity index (χ0) is 26.8. The number of methoxy groups -OCH3 is 1. The third kappa shape index (κ3) is 8.79. The Morgan fingerprint density at radius 3 is 2.46 bits per heavy atom. The van der Waals surface area contributed by atoms with E-state index in [1.54, 1.807) is 12.1 Å². The summed E-state index contributed by atoms with van der Waals surface area (Å²) in [5, 5.41) is -0.258. The first-order valence-corrected chi connectivity index (χ1v) is 12.5. The Morgan fingerprint density at radius 1 is 1.03 bits per heavy atom. The van der Waals surface area contributed by atoms with E-state index in [1.165, 1.54) is 13.2 Å². The van der Waals surface area contributed by atoms with Crippen LogP contribution in [-0.2, 0) is 28.7 Å². The monoisotopic (exact) mass is 533 g/mol. The van der Waals surface area contributed by atoms with Crippen molar-refractivity contribution >= 4 is 17.6 Å². The number of halogens is 4. The van der Waals surface area contributed by atoms with Gasteiger partial charge in [-0.25, -0.2) is 0 Å². The molecule has 0 heterocycles. The van der Waals surface area contributed by atoms with Crippen molar-refractivity contribution in [2.45, 2.75) is 38.4 Å². The van der Waals surface area contributed by atoms with Crippen molar-refractivity contribution in [2.75, 3.05) is 26.8 Å². The molecular weight excluding hydrogens is 503 g/mol. The lowest BCUT2D eigenvalue weighted by atomic mass is 10.00. The van der Waals surface area contributed by atoms with Crippen LogP contribution in [0.1, 0.15) is 41.5 Å². The van der Waals surface area contributed by atoms with E-state index in [-0.39, 0.29) is 29.9 Å². The number of alkyl halides is 3. The van der Waals surface area contributed by atoms with Crippen molar-refractivity contribution in [3.8, 4) is 5.75 Å². The summed E-state index contributed by atoms with van der Waals surface area (Å²) in [6.45, 7) is 4.04. The maximum Gasteiger partial charge on any atom is 0.417 e. The van der Waals surface area contributed by atoms with Crippen molar-refractivity contribution in [1.82, 2.24) is 4.90 Å². The van der Waals surface area contributed by atoms with Gasteiger partial charge in [0, 0.05) is 19.6 Å². The van der Waals surface area contributed by atoms with Crippen LogP contribution in [0.3, 0.4) is 0 Å². The third-order valence-electron chi connectivity index (χ3n) is 6.04. The molecule has 0 spiro atoms. The largest absolute Gasteiger partial charge is 0.494 e. The molecule has 0 amide bonds. The third-order valence-corrected chi connectivity index (χ3v) is 6.49. The predicted octanol–water partition coefficient (Wildman–Crippen LogP) is 7.15. The van der Waals surface area contributed by atoms with Gasteiger partial charge in [-0.1, -0.05) is 73.1 Å². The van der Waals surface area contributed by atoms with E-state index in [0.717, 1.165) is 17.2 Å². The van der Waals surface area contributed by atoms with Gasteiger partial charge in [-0.05, 0) is 47.2 Å². The molecule has 0 fully saturated rings. The van der Waals surface area contributed by atoms with Gasteiger partial charge in [-0.2, -0.15) is 13.2 Å². The summed E-state index contributed by atoms with van der Waals surface area (Å²) in [6, 6.07) is 21.3. The lowest BCUT2D eigenvalue weighted by Gasteiger charge is -2.27. The molecule has 0 N–H and O–H groups in total. The SMILES string of the molecule is COC(=O)Cc1cccc(OCCCN(Cc2cccc(C(F)(F)F)c2Cl)CC(C)c2ccccc2)c1. The molecule has 0 bridgehead atoms. The predicted molar refractivity (Wildman–Crippen MR) is 139 cm³/mol. The van der Waals surface area contributed by atoms with Crippen LogP contribution in [0.5, 0.6) is 5.75 Å². The second-order valence-corrected chi connectivity index (χ2v) is 9.30. The first kappa shape index (κ1) is 28.5. The molecule has 4 nitrogen and oxygen atoms in total. The summed E-state index contributed by atoms with van der Waals surface area (Å²) < 4.78 is 50.8. The fourth-order valence-corrected chi connectivity index (χ4v) is 4.43. The van der Waals surface area contributed by atoms with Gasteiger partial charge in [0.2, 0.25) is 0 Å². The molecule has 0 saturated heterocycles. The first-order valence-electron chi connectivity index (χ1n) is 12.1. The molecule has 0 saturated carbocycles. The molecule has 8 heteroatoms. The van der Waals surface area contributed by atoms with Crippen LogP contribution in [0.25, 0.3) is 0 Å². The number of nitrogens with zero attached hydrogens (tertiary/aromatic N) is 1. The molecule has 3 rings (SSSR count). The zero-order valence-corrected chi connectivity index (χ0v) is 21.7. The number of rotatable bonds is 12. The molecule has 0 aliphatic carbocycles. The summed E-state index contributed by atoms with van der Waals surface area (Å²) in [4.78, 5) is 13.6. The standard InChI is InChI=1S/C29H31ClF3NO3/c1-21(23-10-4-3-5-11-23)19-34(20-24-12-7-14-26(28(24)30)29(31,32)33)15-8-16-37-25-13-6-9-22(17-25)18-27(35)36-2/h3-7,9-14,17,21H,8,15-16,18-20H2,1-2H3. The highest BCUT2D eigenvalue weighted by atomic mass is 35.5. The Balaban J connectivity index is 1.67. The quantitative estimate of drug-likeness (QED) is 0.183. The van der Waals surface area contributed by atoms with Crippen molar-refractivity contribution in [1.29, 1.82) is 0 Å². The maximum absolute atomic E-state index is 13.4. The van der Waals surface area contributed by atoms with E-state index < -0.39 is 11.7 Å². The van der Waals surface area contributed by atoms with Crippen LogP contribution < -0.4 is 4.74 Å². The summed E-state index contributed by atoms with van der Waals surface area (Å²) in [7, 11) is 1.35. The van der Waals surface area contributed by atoms with E-state index in [2.05, 4.69) is 11.8 Å². The summed E-state index contributed by atoms with van der Waals surface area (Å²) in [5.41, 5.74) is 1.56. The molecular formula is C29H31ClF3NO3. The normalized spacial score (nSPS) is 12.4. The minimum absolute atomic E-state index is 0.163. The number of ether oxygens (including phenoxy) is 2. The topological polar surface area (TPSA) is 38.8 Å². The average molecular weight is 534 g/mol. The number of benzene rings is 3. The molecule has 0 aliphatic rings. The van der Waals surface area contributed by atoms with E-state index in [4.69, 9.17) is 21.1 Å². The highest BCUT2D eigenvalue weighted by Crippen LogP contribution is 2.36. The molecule has 37 heavy (non-hydrogen) atoms. The van der Waals surface area contributed by atoms with E-state index in [0.29, 0.717) is 37.4 Å². The number of hydrogen-bond acceptors (Lipinski definition) is 4. The fraction of sp³-hybridized carbons (Fsp3) is 0.345. The fourth-order valence-electron chi connectivity index (χ4n) is 4.13. The summed E-state index contributed by atoms with van der Waals surface area (Å²) >= 11 is 6.19.